The first-order chi connectivity index (χ1) is 6.76. The third kappa shape index (κ3) is 7.80. The molecule has 1 atom stereocenters. The van der Waals surface area contributed by atoms with E-state index in [0.717, 1.165) is 26.1 Å². The minimum atomic E-state index is -0.538. The van der Waals surface area contributed by atoms with Crippen LogP contribution in [0.3, 0.4) is 0 Å². The predicted octanol–water partition coefficient (Wildman–Crippen LogP) is 2.76. The lowest BCUT2D eigenvalue weighted by Crippen LogP contribution is -2.43. The second-order valence-electron chi connectivity index (χ2n) is 5.83. The van der Waals surface area contributed by atoms with Crippen LogP contribution < -0.4 is 0 Å². The Morgan fingerprint density at radius 2 is 1.47 bits per heavy atom. The second kappa shape index (κ2) is 6.49. The lowest BCUT2D eigenvalue weighted by Gasteiger charge is -2.33. The molecule has 0 spiro atoms. The van der Waals surface area contributed by atoms with Gasteiger partial charge in [0.1, 0.15) is 0 Å². The van der Waals surface area contributed by atoms with Crippen molar-refractivity contribution in [1.29, 1.82) is 0 Å². The van der Waals surface area contributed by atoms with Crippen molar-refractivity contribution in [3.8, 4) is 0 Å². The molecule has 0 saturated carbocycles. The molecule has 15 heavy (non-hydrogen) atoms. The Morgan fingerprint density at radius 1 is 1.07 bits per heavy atom. The van der Waals surface area contributed by atoms with Crippen LogP contribution >= 0.6 is 0 Å². The number of hydrogen-bond acceptors (Lipinski definition) is 2. The molecule has 92 valence electrons. The van der Waals surface area contributed by atoms with Crippen LogP contribution in [0.5, 0.6) is 0 Å². The van der Waals surface area contributed by atoms with Crippen molar-refractivity contribution < 1.29 is 5.11 Å². The highest BCUT2D eigenvalue weighted by molar-refractivity contribution is 4.77. The zero-order chi connectivity index (χ0) is 12.1. The van der Waals surface area contributed by atoms with E-state index in [-0.39, 0.29) is 0 Å². The molecule has 0 aliphatic rings. The highest BCUT2D eigenvalue weighted by atomic mass is 16.3. The minimum Gasteiger partial charge on any atom is -0.389 e. The van der Waals surface area contributed by atoms with Gasteiger partial charge in [0.05, 0.1) is 5.60 Å². The molecular formula is C13H29NO. The molecular weight excluding hydrogens is 186 g/mol. The van der Waals surface area contributed by atoms with Crippen LogP contribution in [0.25, 0.3) is 0 Å². The zero-order valence-corrected chi connectivity index (χ0v) is 11.4. The summed E-state index contributed by atoms with van der Waals surface area (Å²) in [6.45, 7) is 15.8. The average molecular weight is 215 g/mol. The van der Waals surface area contributed by atoms with E-state index in [1.807, 2.05) is 13.8 Å². The van der Waals surface area contributed by atoms with Crippen LogP contribution in [0.4, 0.5) is 0 Å². The summed E-state index contributed by atoms with van der Waals surface area (Å²) in [6, 6.07) is 0. The number of hydrogen-bond donors (Lipinski definition) is 1. The van der Waals surface area contributed by atoms with E-state index in [1.165, 1.54) is 0 Å². The first kappa shape index (κ1) is 14.9. The van der Waals surface area contributed by atoms with E-state index in [9.17, 15) is 5.11 Å². The fourth-order valence-corrected chi connectivity index (χ4v) is 1.83. The monoisotopic (exact) mass is 215 g/mol. The Morgan fingerprint density at radius 3 is 1.73 bits per heavy atom. The summed E-state index contributed by atoms with van der Waals surface area (Å²) in [5.41, 5.74) is -0.538. The van der Waals surface area contributed by atoms with E-state index in [2.05, 4.69) is 32.6 Å². The van der Waals surface area contributed by atoms with Gasteiger partial charge in [0.25, 0.3) is 0 Å². The molecule has 0 fully saturated rings. The van der Waals surface area contributed by atoms with Crippen molar-refractivity contribution in [2.75, 3.05) is 19.6 Å². The lowest BCUT2D eigenvalue weighted by atomic mass is 10.0. The topological polar surface area (TPSA) is 23.5 Å². The van der Waals surface area contributed by atoms with E-state index in [4.69, 9.17) is 0 Å². The summed E-state index contributed by atoms with van der Waals surface area (Å²) in [5.74, 6) is 1.33. The van der Waals surface area contributed by atoms with Crippen LogP contribution in [0, 0.1) is 11.8 Å². The van der Waals surface area contributed by atoms with Gasteiger partial charge in [-0.25, -0.2) is 0 Å². The predicted molar refractivity (Wildman–Crippen MR) is 67.0 cm³/mol. The summed E-state index contributed by atoms with van der Waals surface area (Å²) in [5, 5.41) is 10.1. The number of aliphatic hydroxyl groups is 1. The standard InChI is InChI=1S/C13H29NO/c1-7-13(6,15)10-14(8-11(2)3)9-12(4)5/h11-12,15H,7-10H2,1-6H3. The maximum absolute atomic E-state index is 10.1. The third-order valence-electron chi connectivity index (χ3n) is 2.57. The Bertz CT molecular complexity index is 154. The van der Waals surface area contributed by atoms with Crippen molar-refractivity contribution in [2.45, 2.75) is 53.6 Å². The largest absolute Gasteiger partial charge is 0.389 e. The zero-order valence-electron chi connectivity index (χ0n) is 11.4. The van der Waals surface area contributed by atoms with Crippen LogP contribution in [0.1, 0.15) is 48.0 Å². The van der Waals surface area contributed by atoms with Gasteiger partial charge in [0, 0.05) is 19.6 Å². The van der Waals surface area contributed by atoms with Crippen molar-refractivity contribution in [1.82, 2.24) is 4.90 Å². The normalized spacial score (nSPS) is 16.4. The summed E-state index contributed by atoms with van der Waals surface area (Å²) in [6.07, 6.45) is 0.819. The molecule has 0 aromatic heterocycles. The summed E-state index contributed by atoms with van der Waals surface area (Å²) >= 11 is 0. The van der Waals surface area contributed by atoms with Crippen molar-refractivity contribution >= 4 is 0 Å². The van der Waals surface area contributed by atoms with Gasteiger partial charge in [0.15, 0.2) is 0 Å². The molecule has 0 amide bonds. The molecule has 1 N–H and O–H groups in total. The van der Waals surface area contributed by atoms with Gasteiger partial charge in [-0.2, -0.15) is 0 Å². The summed E-state index contributed by atoms with van der Waals surface area (Å²) < 4.78 is 0. The SMILES string of the molecule is CCC(C)(O)CN(CC(C)C)CC(C)C. The smallest absolute Gasteiger partial charge is 0.0743 e. The van der Waals surface area contributed by atoms with Gasteiger partial charge in [-0.3, -0.25) is 4.90 Å². The molecule has 0 aliphatic carbocycles. The number of nitrogens with zero attached hydrogens (tertiary/aromatic N) is 1. The van der Waals surface area contributed by atoms with Crippen LogP contribution in [-0.2, 0) is 0 Å². The fraction of sp³-hybridized carbons (Fsp3) is 1.00. The molecule has 0 aromatic rings. The molecule has 1 unspecified atom stereocenters. The molecule has 0 heterocycles. The molecule has 0 rings (SSSR count). The lowest BCUT2D eigenvalue weighted by molar-refractivity contribution is 0.0101. The highest BCUT2D eigenvalue weighted by Gasteiger charge is 2.22. The van der Waals surface area contributed by atoms with Crippen molar-refractivity contribution in [3.05, 3.63) is 0 Å². The molecule has 0 aromatic carbocycles. The minimum absolute atomic E-state index is 0.538. The van der Waals surface area contributed by atoms with Gasteiger partial charge in [-0.15, -0.1) is 0 Å². The average Bonchev–Trinajstić information content (AvgIpc) is 2.00. The number of rotatable bonds is 7. The van der Waals surface area contributed by atoms with Gasteiger partial charge in [0.2, 0.25) is 0 Å². The summed E-state index contributed by atoms with van der Waals surface area (Å²) in [7, 11) is 0. The Hall–Kier alpha value is -0.0800. The Balaban J connectivity index is 4.23. The van der Waals surface area contributed by atoms with E-state index >= 15 is 0 Å². The maximum Gasteiger partial charge on any atom is 0.0743 e. The summed E-state index contributed by atoms with van der Waals surface area (Å²) in [4.78, 5) is 2.39. The quantitative estimate of drug-likeness (QED) is 0.706. The van der Waals surface area contributed by atoms with Gasteiger partial charge < -0.3 is 5.11 Å². The maximum atomic E-state index is 10.1. The Labute approximate surface area is 95.7 Å². The van der Waals surface area contributed by atoms with Gasteiger partial charge in [-0.1, -0.05) is 34.6 Å². The molecule has 0 aliphatic heterocycles. The van der Waals surface area contributed by atoms with Crippen LogP contribution in [-0.4, -0.2) is 35.2 Å². The molecule has 2 heteroatoms. The molecule has 2 nitrogen and oxygen atoms in total. The van der Waals surface area contributed by atoms with E-state index in [1.54, 1.807) is 0 Å². The molecule has 0 bridgehead atoms. The van der Waals surface area contributed by atoms with Gasteiger partial charge >= 0.3 is 0 Å². The van der Waals surface area contributed by atoms with Gasteiger partial charge in [-0.05, 0) is 25.2 Å². The molecule has 0 radical (unpaired) electrons. The van der Waals surface area contributed by atoms with Crippen LogP contribution in [0.2, 0.25) is 0 Å². The van der Waals surface area contributed by atoms with E-state index in [0.29, 0.717) is 11.8 Å². The highest BCUT2D eigenvalue weighted by Crippen LogP contribution is 2.13. The molecule has 0 saturated heterocycles. The van der Waals surface area contributed by atoms with Crippen molar-refractivity contribution in [3.63, 3.8) is 0 Å². The first-order valence-corrected chi connectivity index (χ1v) is 6.21. The fourth-order valence-electron chi connectivity index (χ4n) is 1.83. The Kier molecular flexibility index (Phi) is 6.46. The first-order valence-electron chi connectivity index (χ1n) is 6.21. The second-order valence-corrected chi connectivity index (χ2v) is 5.83. The third-order valence-corrected chi connectivity index (χ3v) is 2.57. The van der Waals surface area contributed by atoms with Crippen LogP contribution in [0.15, 0.2) is 0 Å². The van der Waals surface area contributed by atoms with E-state index < -0.39 is 5.60 Å². The van der Waals surface area contributed by atoms with Crippen molar-refractivity contribution in [2.24, 2.45) is 11.8 Å².